The van der Waals surface area contributed by atoms with Crippen molar-refractivity contribution in [2.24, 2.45) is 17.6 Å². The molecule has 5 heteroatoms. The zero-order valence-corrected chi connectivity index (χ0v) is 13.9. The maximum atomic E-state index is 6.12. The minimum absolute atomic E-state index is 0.123. The van der Waals surface area contributed by atoms with Crippen LogP contribution in [0.2, 0.25) is 0 Å². The number of para-hydroxylation sites is 1. The first-order valence-electron chi connectivity index (χ1n) is 8.94. The Labute approximate surface area is 141 Å². The quantitative estimate of drug-likeness (QED) is 0.935. The van der Waals surface area contributed by atoms with E-state index < -0.39 is 0 Å². The van der Waals surface area contributed by atoms with Gasteiger partial charge in [-0.05, 0) is 50.0 Å². The molecule has 1 aromatic heterocycles. The lowest BCUT2D eigenvalue weighted by Crippen LogP contribution is -2.44. The summed E-state index contributed by atoms with van der Waals surface area (Å²) in [5.74, 6) is 4.37. The minimum Gasteiger partial charge on any atom is -0.496 e. The summed E-state index contributed by atoms with van der Waals surface area (Å²) in [5, 5.41) is 4.36. The molecule has 5 rings (SSSR count). The van der Waals surface area contributed by atoms with Gasteiger partial charge >= 0.3 is 0 Å². The summed E-state index contributed by atoms with van der Waals surface area (Å²) in [6, 6.07) is 8.56. The first-order valence-corrected chi connectivity index (χ1v) is 8.94. The van der Waals surface area contributed by atoms with Gasteiger partial charge in [0, 0.05) is 17.5 Å². The minimum atomic E-state index is -0.123. The Hall–Kier alpha value is -1.88. The number of rotatable bonds is 4. The molecule has 0 spiro atoms. The van der Waals surface area contributed by atoms with Gasteiger partial charge in [-0.3, -0.25) is 0 Å². The molecule has 0 saturated heterocycles. The summed E-state index contributed by atoms with van der Waals surface area (Å²) < 4.78 is 11.2. The number of benzene rings is 1. The number of hydrogen-bond acceptors (Lipinski definition) is 5. The van der Waals surface area contributed by atoms with Crippen LogP contribution in [0.1, 0.15) is 55.3 Å². The Bertz CT molecular complexity index is 767. The average Bonchev–Trinajstić information content (AvgIpc) is 3.11. The van der Waals surface area contributed by atoms with Crippen molar-refractivity contribution in [2.75, 3.05) is 7.11 Å². The van der Waals surface area contributed by atoms with E-state index in [1.807, 2.05) is 12.1 Å². The molecule has 1 heterocycles. The van der Waals surface area contributed by atoms with Crippen molar-refractivity contribution in [3.63, 3.8) is 0 Å². The first-order chi connectivity index (χ1) is 11.7. The second-order valence-corrected chi connectivity index (χ2v) is 7.73. The number of aromatic nitrogens is 2. The molecule has 1 aromatic carbocycles. The van der Waals surface area contributed by atoms with Gasteiger partial charge in [0.1, 0.15) is 5.75 Å². The predicted octanol–water partition coefficient (Wildman–Crippen LogP) is 3.00. The third-order valence-electron chi connectivity index (χ3n) is 6.47. The van der Waals surface area contributed by atoms with Crippen LogP contribution in [0.15, 0.2) is 28.8 Å². The topological polar surface area (TPSA) is 74.2 Å². The lowest BCUT2D eigenvalue weighted by Gasteiger charge is -2.37. The molecule has 3 aliphatic carbocycles. The van der Waals surface area contributed by atoms with Crippen LogP contribution in [-0.2, 0) is 5.41 Å². The number of ether oxygens (including phenoxy) is 1. The summed E-state index contributed by atoms with van der Waals surface area (Å²) in [7, 11) is 1.72. The average molecular weight is 325 g/mol. The zero-order chi connectivity index (χ0) is 16.3. The molecule has 0 aliphatic heterocycles. The normalized spacial score (nSPS) is 32.9. The Balaban J connectivity index is 1.43. The second-order valence-electron chi connectivity index (χ2n) is 7.73. The standard InChI is InChI=1S/C19H23N3O2/c1-23-16-5-3-2-4-14(16)19(6-7-19)18-21-17(24-22-18)12-8-11-10-15(20)13(11)9-12/h2-5,11-13,15H,6-10,20H2,1H3/t11-,12?,13-,15+/m1/s1. The van der Waals surface area contributed by atoms with Crippen LogP contribution in [0, 0.1) is 11.8 Å². The van der Waals surface area contributed by atoms with Crippen LogP contribution in [0.5, 0.6) is 5.75 Å². The predicted molar refractivity (Wildman–Crippen MR) is 88.9 cm³/mol. The maximum absolute atomic E-state index is 6.12. The fourth-order valence-corrected chi connectivity index (χ4v) is 4.86. The highest BCUT2D eigenvalue weighted by atomic mass is 16.5. The van der Waals surface area contributed by atoms with Gasteiger partial charge in [-0.15, -0.1) is 0 Å². The molecule has 24 heavy (non-hydrogen) atoms. The molecule has 0 radical (unpaired) electrons. The van der Waals surface area contributed by atoms with Crippen molar-refractivity contribution in [2.45, 2.75) is 49.5 Å². The van der Waals surface area contributed by atoms with Crippen molar-refractivity contribution < 1.29 is 9.26 Å². The smallest absolute Gasteiger partial charge is 0.229 e. The van der Waals surface area contributed by atoms with E-state index in [-0.39, 0.29) is 5.41 Å². The Morgan fingerprint density at radius 2 is 2.04 bits per heavy atom. The SMILES string of the molecule is COc1ccccc1C1(c2noc(C3C[C@@H]4C[C@H](N)[C@@H]4C3)n2)CC1. The maximum Gasteiger partial charge on any atom is 0.229 e. The molecular weight excluding hydrogens is 302 g/mol. The van der Waals surface area contributed by atoms with E-state index in [0.29, 0.717) is 17.9 Å². The van der Waals surface area contributed by atoms with E-state index in [1.165, 1.54) is 5.56 Å². The fraction of sp³-hybridized carbons (Fsp3) is 0.579. The number of hydrogen-bond donors (Lipinski definition) is 1. The van der Waals surface area contributed by atoms with E-state index in [1.54, 1.807) is 7.11 Å². The van der Waals surface area contributed by atoms with Gasteiger partial charge in [0.15, 0.2) is 5.82 Å². The van der Waals surface area contributed by atoms with Gasteiger partial charge in [0.2, 0.25) is 5.89 Å². The molecule has 5 nitrogen and oxygen atoms in total. The summed E-state index contributed by atoms with van der Waals surface area (Å²) in [4.78, 5) is 4.83. The lowest BCUT2D eigenvalue weighted by molar-refractivity contribution is 0.173. The Morgan fingerprint density at radius 3 is 2.75 bits per heavy atom. The van der Waals surface area contributed by atoms with Crippen LogP contribution in [0.4, 0.5) is 0 Å². The lowest BCUT2D eigenvalue weighted by atomic mass is 9.72. The van der Waals surface area contributed by atoms with Gasteiger partial charge in [0.25, 0.3) is 0 Å². The van der Waals surface area contributed by atoms with Gasteiger partial charge in [-0.25, -0.2) is 0 Å². The molecular formula is C19H23N3O2. The van der Waals surface area contributed by atoms with Crippen molar-refractivity contribution in [1.82, 2.24) is 10.1 Å². The molecule has 126 valence electrons. The van der Waals surface area contributed by atoms with Crippen molar-refractivity contribution in [3.8, 4) is 5.75 Å². The van der Waals surface area contributed by atoms with Crippen molar-refractivity contribution >= 4 is 0 Å². The Kier molecular flexibility index (Phi) is 3.05. The van der Waals surface area contributed by atoms with E-state index >= 15 is 0 Å². The molecule has 0 amide bonds. The molecule has 0 bridgehead atoms. The van der Waals surface area contributed by atoms with Crippen LogP contribution in [0.3, 0.4) is 0 Å². The van der Waals surface area contributed by atoms with Crippen LogP contribution in [0.25, 0.3) is 0 Å². The number of nitrogens with two attached hydrogens (primary N) is 1. The van der Waals surface area contributed by atoms with Crippen molar-refractivity contribution in [1.29, 1.82) is 0 Å². The summed E-state index contributed by atoms with van der Waals surface area (Å²) >= 11 is 0. The van der Waals surface area contributed by atoms with Crippen LogP contribution >= 0.6 is 0 Å². The van der Waals surface area contributed by atoms with E-state index in [2.05, 4.69) is 17.3 Å². The molecule has 1 unspecified atom stereocenters. The molecule has 3 saturated carbocycles. The number of methoxy groups -OCH3 is 1. The van der Waals surface area contributed by atoms with E-state index in [9.17, 15) is 0 Å². The highest BCUT2D eigenvalue weighted by Crippen LogP contribution is 2.56. The molecule has 2 aromatic rings. The van der Waals surface area contributed by atoms with Crippen LogP contribution in [-0.4, -0.2) is 23.3 Å². The first kappa shape index (κ1) is 14.5. The van der Waals surface area contributed by atoms with Gasteiger partial charge in [-0.1, -0.05) is 23.4 Å². The van der Waals surface area contributed by atoms with Gasteiger partial charge < -0.3 is 15.0 Å². The van der Waals surface area contributed by atoms with Gasteiger partial charge in [0.05, 0.1) is 12.5 Å². The molecule has 3 aliphatic rings. The molecule has 4 atom stereocenters. The van der Waals surface area contributed by atoms with E-state index in [0.717, 1.165) is 55.5 Å². The second kappa shape index (κ2) is 5.06. The van der Waals surface area contributed by atoms with Crippen LogP contribution < -0.4 is 10.5 Å². The van der Waals surface area contributed by atoms with Gasteiger partial charge in [-0.2, -0.15) is 4.98 Å². The highest BCUT2D eigenvalue weighted by molar-refractivity contribution is 5.47. The third-order valence-corrected chi connectivity index (χ3v) is 6.47. The monoisotopic (exact) mass is 325 g/mol. The Morgan fingerprint density at radius 1 is 1.21 bits per heavy atom. The van der Waals surface area contributed by atoms with Crippen molar-refractivity contribution in [3.05, 3.63) is 41.5 Å². The molecule has 3 fully saturated rings. The zero-order valence-electron chi connectivity index (χ0n) is 13.9. The molecule has 2 N–H and O–H groups in total. The van der Waals surface area contributed by atoms with E-state index in [4.69, 9.17) is 20.0 Å². The summed E-state index contributed by atoms with van der Waals surface area (Å²) in [5.41, 5.74) is 7.17. The fourth-order valence-electron chi connectivity index (χ4n) is 4.86. The number of nitrogens with zero attached hydrogens (tertiary/aromatic N) is 2. The highest BCUT2D eigenvalue weighted by Gasteiger charge is 2.53. The summed E-state index contributed by atoms with van der Waals surface area (Å²) in [6.45, 7) is 0. The largest absolute Gasteiger partial charge is 0.496 e. The third kappa shape index (κ3) is 1.97. The summed E-state index contributed by atoms with van der Waals surface area (Å²) in [6.07, 6.45) is 5.52. The number of fused-ring (bicyclic) bond motifs is 1.